The number of aliphatic hydroxyl groups is 1. The summed E-state index contributed by atoms with van der Waals surface area (Å²) in [5.41, 5.74) is 5.01. The fourth-order valence-corrected chi connectivity index (χ4v) is 4.90. The maximum absolute atomic E-state index is 12.1. The van der Waals surface area contributed by atoms with E-state index in [4.69, 9.17) is 29.9 Å². The highest BCUT2D eigenvalue weighted by atomic mass is 31.2. The Morgan fingerprint density at radius 2 is 2.12 bits per heavy atom. The van der Waals surface area contributed by atoms with Crippen molar-refractivity contribution in [1.29, 1.82) is 0 Å². The van der Waals surface area contributed by atoms with E-state index in [0.717, 1.165) is 0 Å². The van der Waals surface area contributed by atoms with Crippen molar-refractivity contribution in [3.8, 4) is 0 Å². The van der Waals surface area contributed by atoms with Gasteiger partial charge in [0.25, 0.3) is 5.56 Å². The summed E-state index contributed by atoms with van der Waals surface area (Å²) in [6.45, 7) is -0.677. The first-order chi connectivity index (χ1) is 14.8. The predicted molar refractivity (Wildman–Crippen MR) is 104 cm³/mol. The van der Waals surface area contributed by atoms with Crippen molar-refractivity contribution in [3.63, 3.8) is 0 Å². The largest absolute Gasteiger partial charge is 0.480 e. The van der Waals surface area contributed by atoms with Gasteiger partial charge in [-0.1, -0.05) is 0 Å². The quantitative estimate of drug-likeness (QED) is 0.169. The molecule has 3 heterocycles. The Morgan fingerprint density at radius 1 is 1.44 bits per heavy atom. The normalized spacial score (nSPS) is 24.4. The number of hydrogen-bond donors (Lipinski definition) is 8. The van der Waals surface area contributed by atoms with Gasteiger partial charge in [0.2, 0.25) is 5.95 Å². The molecule has 2 aromatic heterocycles. The molecule has 1 saturated heterocycles. The number of nitrogens with two attached hydrogens (primary N) is 1. The van der Waals surface area contributed by atoms with Gasteiger partial charge in [-0.05, 0) is 0 Å². The van der Waals surface area contributed by atoms with Crippen LogP contribution in [0.15, 0.2) is 11.1 Å². The lowest BCUT2D eigenvalue weighted by molar-refractivity contribution is -0.138. The first-order valence-electron chi connectivity index (χ1n) is 8.84. The van der Waals surface area contributed by atoms with E-state index in [-0.39, 0.29) is 23.5 Å². The molecule has 0 bridgehead atoms. The number of carboxylic acids is 1. The van der Waals surface area contributed by atoms with Crippen molar-refractivity contribution < 1.29 is 48.1 Å². The number of nitrogen functional groups attached to an aromatic ring is 1. The molecule has 32 heavy (non-hydrogen) atoms. The van der Waals surface area contributed by atoms with Gasteiger partial charge in [0.15, 0.2) is 11.2 Å². The number of aromatic amines is 1. The van der Waals surface area contributed by atoms with E-state index in [0.29, 0.717) is 0 Å². The van der Waals surface area contributed by atoms with Crippen LogP contribution >= 0.6 is 15.3 Å². The van der Waals surface area contributed by atoms with E-state index in [1.165, 1.54) is 10.9 Å². The van der Waals surface area contributed by atoms with Crippen LogP contribution in [0.4, 0.5) is 5.95 Å². The second kappa shape index (κ2) is 8.97. The number of hydrogen-bond acceptors (Lipinski definition) is 10. The van der Waals surface area contributed by atoms with Gasteiger partial charge in [0.1, 0.15) is 18.4 Å². The first kappa shape index (κ1) is 24.4. The molecule has 0 amide bonds. The molecule has 178 valence electrons. The third-order valence-corrected chi connectivity index (χ3v) is 6.39. The number of nitrogens with one attached hydrogen (secondary N) is 2. The molecule has 5 atom stereocenters. The Balaban J connectivity index is 1.67. The highest BCUT2D eigenvalue weighted by molar-refractivity contribution is 7.52. The van der Waals surface area contributed by atoms with Gasteiger partial charge in [-0.25, -0.2) is 14.6 Å². The summed E-state index contributed by atoms with van der Waals surface area (Å²) in [6.07, 6.45) is -3.27. The van der Waals surface area contributed by atoms with E-state index in [1.807, 2.05) is 0 Å². The van der Waals surface area contributed by atoms with E-state index in [2.05, 4.69) is 15.0 Å². The Morgan fingerprint density at radius 3 is 2.75 bits per heavy atom. The second-order valence-corrected chi connectivity index (χ2v) is 10.1. The summed E-state index contributed by atoms with van der Waals surface area (Å²) in [7, 11) is -9.68. The lowest BCUT2D eigenvalue weighted by Crippen LogP contribution is -2.38. The predicted octanol–water partition coefficient (Wildman–Crippen LogP) is -2.31. The van der Waals surface area contributed by atoms with Crippen molar-refractivity contribution in [2.24, 2.45) is 0 Å². The summed E-state index contributed by atoms with van der Waals surface area (Å²) in [4.78, 5) is 60.7. The van der Waals surface area contributed by atoms with E-state index in [1.54, 1.807) is 5.09 Å². The molecule has 19 heteroatoms. The summed E-state index contributed by atoms with van der Waals surface area (Å²) >= 11 is 0. The lowest BCUT2D eigenvalue weighted by Gasteiger charge is -2.21. The van der Waals surface area contributed by atoms with Crippen molar-refractivity contribution in [1.82, 2.24) is 24.6 Å². The Hall–Kier alpha value is -2.20. The van der Waals surface area contributed by atoms with Gasteiger partial charge >= 0.3 is 21.3 Å². The molecule has 3 rings (SSSR count). The molecule has 1 fully saturated rings. The van der Waals surface area contributed by atoms with E-state index < -0.39 is 64.1 Å². The van der Waals surface area contributed by atoms with Crippen molar-refractivity contribution in [2.45, 2.75) is 30.9 Å². The van der Waals surface area contributed by atoms with E-state index in [9.17, 15) is 28.7 Å². The molecule has 1 aliphatic heterocycles. The van der Waals surface area contributed by atoms with Crippen LogP contribution in [-0.2, 0) is 23.2 Å². The number of fused-ring (bicyclic) bond motifs is 1. The molecule has 1 aliphatic rings. The number of aromatic nitrogens is 4. The molecule has 0 aromatic carbocycles. The molecular weight excluding hydrogens is 478 g/mol. The third kappa shape index (κ3) is 5.78. The molecule has 0 saturated carbocycles. The number of ether oxygens (including phenoxy) is 1. The summed E-state index contributed by atoms with van der Waals surface area (Å²) in [6, 6.07) is -2.07. The maximum Gasteiger partial charge on any atom is 0.403 e. The number of aliphatic hydroxyl groups excluding tert-OH is 1. The van der Waals surface area contributed by atoms with Gasteiger partial charge in [0, 0.05) is 6.42 Å². The summed E-state index contributed by atoms with van der Waals surface area (Å²) < 4.78 is 34.8. The number of anilines is 1. The molecular formula is C13H20N6O11P2. The molecule has 0 radical (unpaired) electrons. The molecule has 0 aliphatic carbocycles. The van der Waals surface area contributed by atoms with Crippen molar-refractivity contribution >= 4 is 38.4 Å². The smallest absolute Gasteiger partial charge is 0.403 e. The van der Waals surface area contributed by atoms with Gasteiger partial charge in [-0.15, -0.1) is 0 Å². The molecule has 1 unspecified atom stereocenters. The molecule has 0 spiro atoms. The van der Waals surface area contributed by atoms with Crippen LogP contribution in [-0.4, -0.2) is 81.4 Å². The van der Waals surface area contributed by atoms with Crippen LogP contribution < -0.4 is 16.4 Å². The Bertz CT molecular complexity index is 1160. The number of nitrogens with zero attached hydrogens (tertiary/aromatic N) is 3. The minimum atomic E-state index is -4.86. The lowest BCUT2D eigenvalue weighted by atomic mass is 10.2. The number of rotatable bonds is 9. The Kier molecular flexibility index (Phi) is 6.86. The van der Waals surface area contributed by atoms with Crippen molar-refractivity contribution in [3.05, 3.63) is 16.7 Å². The van der Waals surface area contributed by atoms with Crippen LogP contribution in [0.3, 0.4) is 0 Å². The average molecular weight is 498 g/mol. The topological polar surface area (TPSA) is 272 Å². The monoisotopic (exact) mass is 498 g/mol. The summed E-state index contributed by atoms with van der Waals surface area (Å²) in [5, 5.41) is 20.8. The maximum atomic E-state index is 12.1. The summed E-state index contributed by atoms with van der Waals surface area (Å²) in [5.74, 6) is -1.95. The van der Waals surface area contributed by atoms with Crippen LogP contribution in [0.2, 0.25) is 0 Å². The van der Waals surface area contributed by atoms with Gasteiger partial charge in [0.05, 0.1) is 25.2 Å². The highest BCUT2D eigenvalue weighted by Gasteiger charge is 2.39. The van der Waals surface area contributed by atoms with Crippen LogP contribution in [0.5, 0.6) is 0 Å². The molecule has 17 nitrogen and oxygen atoms in total. The minimum absolute atomic E-state index is 0.0224. The SMILES string of the molecule is Nc1nc2c(ncn2[C@H]2C[C@H](O)[C@@H](COP(=O)(O)N[C@@H](CP(=O)(O)O)C(=O)O)O2)c(=O)[nH]1. The number of carbonyl (C=O) groups is 1. The van der Waals surface area contributed by atoms with Crippen LogP contribution in [0.25, 0.3) is 11.2 Å². The standard InChI is InChI=1S/C13H20N6O11P2/c14-13-16-10-9(11(21)17-13)15-4-19(10)8-1-6(20)7(30-8)2-29-32(27,28)18-5(12(22)23)3-31(24,25)26/h4-8,20H,1-3H2,(H,22,23)(H2,18,27,28)(H2,24,25,26)(H3,14,16,17,21)/t5-,6-,7+,8+/m0/s1. The number of aliphatic carboxylic acids is 1. The third-order valence-electron chi connectivity index (χ3n) is 4.42. The second-order valence-electron chi connectivity index (χ2n) is 6.89. The van der Waals surface area contributed by atoms with Gasteiger partial charge < -0.3 is 35.4 Å². The van der Waals surface area contributed by atoms with Gasteiger partial charge in [-0.2, -0.15) is 4.98 Å². The zero-order valence-corrected chi connectivity index (χ0v) is 17.8. The number of imidazole rings is 1. The fraction of sp³-hybridized carbons (Fsp3) is 0.538. The number of carboxylic acid groups (broad SMARTS) is 1. The van der Waals surface area contributed by atoms with E-state index >= 15 is 0 Å². The number of H-pyrrole nitrogens is 1. The van der Waals surface area contributed by atoms with Crippen molar-refractivity contribution in [2.75, 3.05) is 18.5 Å². The fourth-order valence-electron chi connectivity index (χ4n) is 3.01. The average Bonchev–Trinajstić information content (AvgIpc) is 3.21. The Labute approximate surface area is 177 Å². The van der Waals surface area contributed by atoms with Crippen LogP contribution in [0.1, 0.15) is 12.6 Å². The molecule has 9 N–H and O–H groups in total. The molecule has 2 aromatic rings. The minimum Gasteiger partial charge on any atom is -0.480 e. The highest BCUT2D eigenvalue weighted by Crippen LogP contribution is 2.42. The zero-order valence-electron chi connectivity index (χ0n) is 16.0. The first-order valence-corrected chi connectivity index (χ1v) is 12.2. The zero-order chi connectivity index (χ0) is 23.8. The van der Waals surface area contributed by atoms with Gasteiger partial charge in [-0.3, -0.25) is 28.2 Å². The van der Waals surface area contributed by atoms with Crippen LogP contribution in [0, 0.1) is 0 Å².